The first-order chi connectivity index (χ1) is 8.82. The molecule has 0 atom stereocenters. The quantitative estimate of drug-likeness (QED) is 0.584. The van der Waals surface area contributed by atoms with Crippen molar-refractivity contribution in [2.24, 2.45) is 0 Å². The molecule has 0 spiro atoms. The van der Waals surface area contributed by atoms with E-state index in [1.807, 2.05) is 0 Å². The summed E-state index contributed by atoms with van der Waals surface area (Å²) in [6.45, 7) is 1.10. The van der Waals surface area contributed by atoms with E-state index >= 15 is 0 Å². The van der Waals surface area contributed by atoms with Gasteiger partial charge in [0.1, 0.15) is 0 Å². The fraction of sp³-hybridized carbons (Fsp3) is 0.364. The predicted molar refractivity (Wildman–Crippen MR) is 56.5 cm³/mol. The Hall–Kier alpha value is -1.31. The monoisotopic (exact) mass is 322 g/mol. The molecule has 112 valence electrons. The van der Waals surface area contributed by atoms with Gasteiger partial charge in [-0.1, -0.05) is 17.7 Å². The van der Waals surface area contributed by atoms with Crippen molar-refractivity contribution >= 4 is 17.4 Å². The van der Waals surface area contributed by atoms with E-state index < -0.39 is 29.4 Å². The van der Waals surface area contributed by atoms with Crippen LogP contribution in [0.1, 0.15) is 15.9 Å². The lowest BCUT2D eigenvalue weighted by molar-refractivity contribution is -0.339. The first kappa shape index (κ1) is 16.7. The van der Waals surface area contributed by atoms with Crippen molar-refractivity contribution in [2.75, 3.05) is 0 Å². The fourth-order valence-electron chi connectivity index (χ4n) is 1.33. The van der Waals surface area contributed by atoms with Crippen molar-refractivity contribution in [3.8, 4) is 0 Å². The Kier molecular flexibility index (Phi) is 4.11. The number of benzene rings is 1. The number of Topliss-reactive ketones (excluding diaryl/α,β-unsaturated/α-hetero) is 1. The van der Waals surface area contributed by atoms with E-state index in [2.05, 4.69) is 0 Å². The first-order valence-electron chi connectivity index (χ1n) is 4.95. The Bertz CT molecular complexity index is 536. The standard InChI is InChI=1S/C11H6ClF7O/c1-5-2-3-6(12)4-7(5)8(20)9(13,14)10(15,16)11(17,18)19/h2-4H,1H3. The number of carbonyl (C=O) groups excluding carboxylic acids is 1. The number of hydrogen-bond acceptors (Lipinski definition) is 1. The molecule has 0 unspecified atom stereocenters. The summed E-state index contributed by atoms with van der Waals surface area (Å²) in [6, 6.07) is 2.84. The molecular weight excluding hydrogens is 317 g/mol. The fourth-order valence-corrected chi connectivity index (χ4v) is 1.50. The lowest BCUT2D eigenvalue weighted by Gasteiger charge is -2.27. The van der Waals surface area contributed by atoms with Crippen molar-refractivity contribution in [3.05, 3.63) is 34.3 Å². The summed E-state index contributed by atoms with van der Waals surface area (Å²) >= 11 is 5.41. The molecule has 0 bridgehead atoms. The van der Waals surface area contributed by atoms with Crippen LogP contribution in [0.5, 0.6) is 0 Å². The van der Waals surface area contributed by atoms with E-state index in [9.17, 15) is 35.5 Å². The highest BCUT2D eigenvalue weighted by molar-refractivity contribution is 6.31. The lowest BCUT2D eigenvalue weighted by atomic mass is 9.96. The second-order valence-electron chi connectivity index (χ2n) is 3.93. The molecule has 0 amide bonds. The molecule has 0 aliphatic rings. The highest BCUT2D eigenvalue weighted by Gasteiger charge is 2.76. The highest BCUT2D eigenvalue weighted by atomic mass is 35.5. The van der Waals surface area contributed by atoms with Gasteiger partial charge in [-0.2, -0.15) is 30.7 Å². The topological polar surface area (TPSA) is 17.1 Å². The zero-order valence-electron chi connectivity index (χ0n) is 9.66. The minimum Gasteiger partial charge on any atom is -0.287 e. The van der Waals surface area contributed by atoms with Gasteiger partial charge in [0, 0.05) is 10.6 Å². The molecule has 1 aromatic rings. The number of ketones is 1. The van der Waals surface area contributed by atoms with E-state index in [-0.39, 0.29) is 10.6 Å². The molecule has 0 saturated heterocycles. The Morgan fingerprint density at radius 2 is 1.55 bits per heavy atom. The Labute approximate surface area is 113 Å². The van der Waals surface area contributed by atoms with Crippen LogP contribution in [0.15, 0.2) is 18.2 Å². The van der Waals surface area contributed by atoms with Gasteiger partial charge < -0.3 is 0 Å². The van der Waals surface area contributed by atoms with Gasteiger partial charge in [-0.15, -0.1) is 0 Å². The number of hydrogen-bond donors (Lipinski definition) is 0. The third kappa shape index (κ3) is 2.61. The van der Waals surface area contributed by atoms with E-state index in [4.69, 9.17) is 11.6 Å². The molecule has 0 aliphatic heterocycles. The van der Waals surface area contributed by atoms with Crippen LogP contribution < -0.4 is 0 Å². The minimum atomic E-state index is -6.56. The van der Waals surface area contributed by atoms with Crippen LogP contribution in [-0.2, 0) is 0 Å². The number of aryl methyl sites for hydroxylation is 1. The van der Waals surface area contributed by atoms with Crippen molar-refractivity contribution in [2.45, 2.75) is 24.9 Å². The van der Waals surface area contributed by atoms with Gasteiger partial charge in [0.2, 0.25) is 5.78 Å². The summed E-state index contributed by atoms with van der Waals surface area (Å²) in [6.07, 6.45) is -6.56. The Morgan fingerprint density at radius 1 is 1.05 bits per heavy atom. The molecule has 0 fully saturated rings. The summed E-state index contributed by atoms with van der Waals surface area (Å²) in [5, 5.41) is -0.245. The van der Waals surface area contributed by atoms with Crippen LogP contribution in [-0.4, -0.2) is 23.8 Å². The first-order valence-corrected chi connectivity index (χ1v) is 5.33. The van der Waals surface area contributed by atoms with Crippen LogP contribution >= 0.6 is 11.6 Å². The maximum absolute atomic E-state index is 13.2. The number of carbonyl (C=O) groups is 1. The van der Waals surface area contributed by atoms with Crippen LogP contribution in [0.25, 0.3) is 0 Å². The van der Waals surface area contributed by atoms with E-state index in [0.29, 0.717) is 6.07 Å². The molecule has 0 saturated carbocycles. The second kappa shape index (κ2) is 4.91. The van der Waals surface area contributed by atoms with Gasteiger partial charge >= 0.3 is 18.0 Å². The lowest BCUT2D eigenvalue weighted by Crippen LogP contribution is -2.56. The molecule has 0 N–H and O–H groups in total. The third-order valence-corrected chi connectivity index (χ3v) is 2.71. The second-order valence-corrected chi connectivity index (χ2v) is 4.37. The van der Waals surface area contributed by atoms with E-state index in [1.165, 1.54) is 6.07 Å². The van der Waals surface area contributed by atoms with Crippen LogP contribution in [0, 0.1) is 6.92 Å². The van der Waals surface area contributed by atoms with Gasteiger partial charge in [0.25, 0.3) is 0 Å². The molecule has 0 aliphatic carbocycles. The number of rotatable bonds is 3. The molecule has 1 aromatic carbocycles. The maximum Gasteiger partial charge on any atom is 0.460 e. The number of halogens is 8. The molecule has 0 aromatic heterocycles. The summed E-state index contributed by atoms with van der Waals surface area (Å²) in [7, 11) is 0. The average molecular weight is 323 g/mol. The largest absolute Gasteiger partial charge is 0.460 e. The molecule has 0 heterocycles. The minimum absolute atomic E-state index is 0.197. The summed E-state index contributed by atoms with van der Waals surface area (Å²) in [4.78, 5) is 11.3. The van der Waals surface area contributed by atoms with E-state index in [0.717, 1.165) is 13.0 Å². The molecule has 1 rings (SSSR count). The average Bonchev–Trinajstić information content (AvgIpc) is 2.29. The van der Waals surface area contributed by atoms with Crippen molar-refractivity contribution in [1.29, 1.82) is 0 Å². The predicted octanol–water partition coefficient (Wildman–Crippen LogP) is 4.66. The Morgan fingerprint density at radius 3 is 2.00 bits per heavy atom. The normalized spacial score (nSPS) is 13.4. The maximum atomic E-state index is 13.2. The molecule has 9 heteroatoms. The van der Waals surface area contributed by atoms with Crippen molar-refractivity contribution < 1.29 is 35.5 Å². The van der Waals surface area contributed by atoms with E-state index in [1.54, 1.807) is 0 Å². The van der Waals surface area contributed by atoms with Gasteiger partial charge in [0.05, 0.1) is 0 Å². The molecular formula is C11H6ClF7O. The van der Waals surface area contributed by atoms with Gasteiger partial charge in [-0.25, -0.2) is 0 Å². The van der Waals surface area contributed by atoms with Crippen LogP contribution in [0.2, 0.25) is 5.02 Å². The zero-order valence-corrected chi connectivity index (χ0v) is 10.4. The summed E-state index contributed by atoms with van der Waals surface area (Å²) in [5.74, 6) is -15.0. The zero-order chi connectivity index (χ0) is 15.9. The summed E-state index contributed by atoms with van der Waals surface area (Å²) in [5.41, 5.74) is -1.19. The van der Waals surface area contributed by atoms with Gasteiger partial charge in [-0.05, 0) is 24.6 Å². The van der Waals surface area contributed by atoms with Crippen LogP contribution in [0.3, 0.4) is 0 Å². The molecule has 0 radical (unpaired) electrons. The summed E-state index contributed by atoms with van der Waals surface area (Å²) < 4.78 is 87.9. The smallest absolute Gasteiger partial charge is 0.287 e. The van der Waals surface area contributed by atoms with Crippen LogP contribution in [0.4, 0.5) is 30.7 Å². The molecule has 20 heavy (non-hydrogen) atoms. The highest BCUT2D eigenvalue weighted by Crippen LogP contribution is 2.48. The van der Waals surface area contributed by atoms with Gasteiger partial charge in [-0.3, -0.25) is 4.79 Å². The van der Waals surface area contributed by atoms with Gasteiger partial charge in [0.15, 0.2) is 0 Å². The number of alkyl halides is 7. The Balaban J connectivity index is 3.35. The molecule has 1 nitrogen and oxygen atoms in total. The van der Waals surface area contributed by atoms with Crippen molar-refractivity contribution in [1.82, 2.24) is 0 Å². The SMILES string of the molecule is Cc1ccc(Cl)cc1C(=O)C(F)(F)C(F)(F)C(F)(F)F. The van der Waals surface area contributed by atoms with Crippen molar-refractivity contribution in [3.63, 3.8) is 0 Å². The third-order valence-electron chi connectivity index (χ3n) is 2.48.